The summed E-state index contributed by atoms with van der Waals surface area (Å²) in [5, 5.41) is 11.4. The molecule has 0 saturated carbocycles. The third-order valence-corrected chi connectivity index (χ3v) is 3.55. The van der Waals surface area contributed by atoms with Crippen molar-refractivity contribution in [2.45, 2.75) is 13.0 Å². The summed E-state index contributed by atoms with van der Waals surface area (Å²) in [7, 11) is 1.39. The van der Waals surface area contributed by atoms with E-state index in [1.165, 1.54) is 32.2 Å². The van der Waals surface area contributed by atoms with Crippen LogP contribution in [0.25, 0.3) is 0 Å². The number of amides is 2. The van der Waals surface area contributed by atoms with Crippen molar-refractivity contribution in [2.75, 3.05) is 13.7 Å². The molecule has 8 nitrogen and oxygen atoms in total. The van der Waals surface area contributed by atoms with Crippen LogP contribution < -0.4 is 9.47 Å². The van der Waals surface area contributed by atoms with E-state index >= 15 is 0 Å². The Hall–Kier alpha value is -3.16. The Labute approximate surface area is 138 Å². The van der Waals surface area contributed by atoms with Crippen molar-refractivity contribution in [2.24, 2.45) is 0 Å². The number of nitrogens with zero attached hydrogens (tertiary/aromatic N) is 2. The molecular weight excluding hydrogens is 316 g/mol. The lowest BCUT2D eigenvalue weighted by molar-refractivity contribution is -0.385. The van der Waals surface area contributed by atoms with Gasteiger partial charge in [0.15, 0.2) is 11.5 Å². The minimum absolute atomic E-state index is 0.148. The zero-order chi connectivity index (χ0) is 17.9. The van der Waals surface area contributed by atoms with E-state index in [1.807, 2.05) is 0 Å². The summed E-state index contributed by atoms with van der Waals surface area (Å²) in [4.78, 5) is 35.4. The van der Waals surface area contributed by atoms with Gasteiger partial charge in [-0.2, -0.15) is 0 Å². The maximum atomic E-state index is 11.8. The van der Waals surface area contributed by atoms with Gasteiger partial charge in [-0.25, -0.2) is 0 Å². The van der Waals surface area contributed by atoms with Crippen molar-refractivity contribution in [1.82, 2.24) is 4.90 Å². The number of carbonyl (C=O) groups excluding carboxylic acids is 2. The first-order valence-electron chi connectivity index (χ1n) is 7.06. The molecule has 2 amide bonds. The molecule has 1 atom stereocenters. The lowest BCUT2D eigenvalue weighted by atomic mass is 10.0. The highest BCUT2D eigenvalue weighted by Gasteiger charge is 2.34. The molecule has 0 radical (unpaired) electrons. The van der Waals surface area contributed by atoms with Crippen molar-refractivity contribution < 1.29 is 24.0 Å². The van der Waals surface area contributed by atoms with E-state index in [4.69, 9.17) is 9.47 Å². The van der Waals surface area contributed by atoms with Crippen molar-refractivity contribution in [1.29, 1.82) is 0 Å². The van der Waals surface area contributed by atoms with Crippen LogP contribution in [0, 0.1) is 10.1 Å². The number of nitro groups is 1. The number of rotatable bonds is 7. The number of nitro benzene ring substituents is 1. The second-order valence-electron chi connectivity index (χ2n) is 4.97. The van der Waals surface area contributed by atoms with Crippen LogP contribution in [0.2, 0.25) is 0 Å². The Kier molecular flexibility index (Phi) is 4.98. The summed E-state index contributed by atoms with van der Waals surface area (Å²) in [5.41, 5.74) is -0.0944. The van der Waals surface area contributed by atoms with E-state index in [0.29, 0.717) is 0 Å². The van der Waals surface area contributed by atoms with Crippen molar-refractivity contribution in [3.63, 3.8) is 0 Å². The molecule has 1 aliphatic rings. The van der Waals surface area contributed by atoms with E-state index in [1.54, 1.807) is 0 Å². The van der Waals surface area contributed by atoms with Crippen LogP contribution >= 0.6 is 0 Å². The number of ether oxygens (including phenoxy) is 2. The van der Waals surface area contributed by atoms with Crippen LogP contribution in [0.5, 0.6) is 11.5 Å². The minimum atomic E-state index is -0.831. The van der Waals surface area contributed by atoms with Gasteiger partial charge >= 0.3 is 0 Å². The van der Waals surface area contributed by atoms with Gasteiger partial charge in [0.2, 0.25) is 0 Å². The molecule has 0 spiro atoms. The molecule has 0 N–H and O–H groups in total. The molecule has 24 heavy (non-hydrogen) atoms. The van der Waals surface area contributed by atoms with Gasteiger partial charge in [0.1, 0.15) is 6.61 Å². The standard InChI is InChI=1S/C16H16N2O6/c1-4-7-24-14-9-12(18(21)22)11(8-13(14)23-3)10(2)17-15(19)5-6-16(17)20/h4-6,8-10H,1,7H2,2-3H3. The predicted octanol–water partition coefficient (Wildman–Crippen LogP) is 2.15. The van der Waals surface area contributed by atoms with Crippen molar-refractivity contribution in [3.8, 4) is 11.5 Å². The van der Waals surface area contributed by atoms with E-state index in [2.05, 4.69) is 6.58 Å². The maximum Gasteiger partial charge on any atom is 0.278 e. The number of hydrogen-bond acceptors (Lipinski definition) is 6. The quantitative estimate of drug-likeness (QED) is 0.328. The Morgan fingerprint density at radius 3 is 2.42 bits per heavy atom. The lowest BCUT2D eigenvalue weighted by Gasteiger charge is -2.23. The largest absolute Gasteiger partial charge is 0.493 e. The Morgan fingerprint density at radius 1 is 1.29 bits per heavy atom. The minimum Gasteiger partial charge on any atom is -0.493 e. The molecule has 1 heterocycles. The van der Waals surface area contributed by atoms with Crippen LogP contribution in [0.4, 0.5) is 5.69 Å². The summed E-state index contributed by atoms with van der Waals surface area (Å²) in [5.74, 6) is -0.603. The smallest absolute Gasteiger partial charge is 0.278 e. The Balaban J connectivity index is 2.51. The molecular formula is C16H16N2O6. The van der Waals surface area contributed by atoms with E-state index in [-0.39, 0.29) is 29.4 Å². The zero-order valence-corrected chi connectivity index (χ0v) is 13.2. The maximum absolute atomic E-state index is 11.8. The normalized spacial score (nSPS) is 14.7. The van der Waals surface area contributed by atoms with E-state index < -0.39 is 22.8 Å². The predicted molar refractivity (Wildman–Crippen MR) is 84.7 cm³/mol. The molecule has 1 aliphatic heterocycles. The molecule has 0 fully saturated rings. The van der Waals surface area contributed by atoms with E-state index in [9.17, 15) is 19.7 Å². The second kappa shape index (κ2) is 6.95. The van der Waals surface area contributed by atoms with Crippen LogP contribution in [0.15, 0.2) is 36.9 Å². The third kappa shape index (κ3) is 3.12. The zero-order valence-electron chi connectivity index (χ0n) is 13.2. The van der Waals surface area contributed by atoms with Gasteiger partial charge in [0, 0.05) is 12.2 Å². The van der Waals surface area contributed by atoms with Gasteiger partial charge in [0.05, 0.1) is 29.7 Å². The van der Waals surface area contributed by atoms with Gasteiger partial charge in [-0.05, 0) is 13.0 Å². The summed E-state index contributed by atoms with van der Waals surface area (Å²) in [6.07, 6.45) is 3.75. The number of benzene rings is 1. The van der Waals surface area contributed by atoms with Crippen LogP contribution in [-0.2, 0) is 9.59 Å². The topological polar surface area (TPSA) is 99.0 Å². The van der Waals surface area contributed by atoms with E-state index in [0.717, 1.165) is 17.1 Å². The first-order valence-corrected chi connectivity index (χ1v) is 7.06. The van der Waals surface area contributed by atoms with Gasteiger partial charge in [-0.1, -0.05) is 12.7 Å². The van der Waals surface area contributed by atoms with Gasteiger partial charge in [0.25, 0.3) is 17.5 Å². The molecule has 1 unspecified atom stereocenters. The molecule has 1 aromatic rings. The second-order valence-corrected chi connectivity index (χ2v) is 4.97. The summed E-state index contributed by atoms with van der Waals surface area (Å²) in [6, 6.07) is 1.79. The van der Waals surface area contributed by atoms with Gasteiger partial charge < -0.3 is 9.47 Å². The number of carbonyl (C=O) groups is 2. The highest BCUT2D eigenvalue weighted by Crippen LogP contribution is 2.39. The molecule has 0 saturated heterocycles. The molecule has 0 bridgehead atoms. The lowest BCUT2D eigenvalue weighted by Crippen LogP contribution is -2.33. The monoisotopic (exact) mass is 332 g/mol. The molecule has 8 heteroatoms. The first kappa shape index (κ1) is 17.2. The van der Waals surface area contributed by atoms with Crippen molar-refractivity contribution in [3.05, 3.63) is 52.6 Å². The summed E-state index contributed by atoms with van der Waals surface area (Å²) < 4.78 is 10.6. The van der Waals surface area contributed by atoms with Crippen LogP contribution in [0.1, 0.15) is 18.5 Å². The van der Waals surface area contributed by atoms with Gasteiger partial charge in [-0.15, -0.1) is 0 Å². The number of methoxy groups -OCH3 is 1. The fourth-order valence-electron chi connectivity index (χ4n) is 2.41. The highest BCUT2D eigenvalue weighted by atomic mass is 16.6. The van der Waals surface area contributed by atoms with Crippen molar-refractivity contribution >= 4 is 17.5 Å². The fourth-order valence-corrected chi connectivity index (χ4v) is 2.41. The SMILES string of the molecule is C=CCOc1cc([N+](=O)[O-])c(C(C)N2C(=O)C=CC2=O)cc1OC. The Bertz CT molecular complexity index is 722. The first-order chi connectivity index (χ1) is 11.4. The molecule has 1 aromatic carbocycles. The summed E-state index contributed by atoms with van der Waals surface area (Å²) in [6.45, 7) is 5.20. The molecule has 0 aromatic heterocycles. The van der Waals surface area contributed by atoms with Crippen LogP contribution in [-0.4, -0.2) is 35.4 Å². The molecule has 126 valence electrons. The summed E-state index contributed by atoms with van der Waals surface area (Å²) >= 11 is 0. The Morgan fingerprint density at radius 2 is 1.92 bits per heavy atom. The average molecular weight is 332 g/mol. The molecule has 0 aliphatic carbocycles. The number of imide groups is 1. The van der Waals surface area contributed by atoms with Crippen LogP contribution in [0.3, 0.4) is 0 Å². The average Bonchev–Trinajstić information content (AvgIpc) is 2.90. The third-order valence-electron chi connectivity index (χ3n) is 3.55. The number of hydrogen-bond donors (Lipinski definition) is 0. The fraction of sp³-hybridized carbons (Fsp3) is 0.250. The highest BCUT2D eigenvalue weighted by molar-refractivity contribution is 6.13. The molecule has 2 rings (SSSR count). The van der Waals surface area contributed by atoms with Gasteiger partial charge in [-0.3, -0.25) is 24.6 Å².